The van der Waals surface area contributed by atoms with E-state index in [9.17, 15) is 0 Å². The van der Waals surface area contributed by atoms with Crippen molar-refractivity contribution in [3.63, 3.8) is 0 Å². The molecule has 4 aromatic rings. The standard InChI is InChI=1S/C16H14N6O2/c17-16-20-14(13-5-2-6-23-13)12-8-19-22(15(12)21-16)9-10-3-1-4-11(7-10)24-18/h1-8H,9,18H2,(H2,17,20,21). The lowest BCUT2D eigenvalue weighted by atomic mass is 10.2. The molecule has 3 aromatic heterocycles. The largest absolute Gasteiger partial charge is 0.463 e. The molecule has 4 rings (SSSR count). The maximum absolute atomic E-state index is 5.86. The number of nitrogen functional groups attached to an aromatic ring is 1. The summed E-state index contributed by atoms with van der Waals surface area (Å²) >= 11 is 0. The van der Waals surface area contributed by atoms with E-state index in [1.165, 1.54) is 0 Å². The fourth-order valence-electron chi connectivity index (χ4n) is 2.58. The van der Waals surface area contributed by atoms with Crippen LogP contribution in [0.2, 0.25) is 0 Å². The molecule has 0 spiro atoms. The number of aromatic nitrogens is 4. The van der Waals surface area contributed by atoms with E-state index in [0.29, 0.717) is 29.4 Å². The second-order valence-electron chi connectivity index (χ2n) is 5.21. The average Bonchev–Trinajstić information content (AvgIpc) is 3.25. The second kappa shape index (κ2) is 5.67. The smallest absolute Gasteiger partial charge is 0.222 e. The third-order valence-electron chi connectivity index (χ3n) is 3.63. The number of hydrogen-bond acceptors (Lipinski definition) is 7. The molecule has 0 saturated heterocycles. The highest BCUT2D eigenvalue weighted by atomic mass is 16.6. The minimum Gasteiger partial charge on any atom is -0.463 e. The number of nitrogens with two attached hydrogens (primary N) is 2. The molecule has 1 aromatic carbocycles. The van der Waals surface area contributed by atoms with Crippen LogP contribution in [0.15, 0.2) is 53.3 Å². The van der Waals surface area contributed by atoms with Crippen molar-refractivity contribution in [2.75, 3.05) is 5.73 Å². The van der Waals surface area contributed by atoms with Gasteiger partial charge in [0.1, 0.15) is 11.4 Å². The third-order valence-corrected chi connectivity index (χ3v) is 3.63. The lowest BCUT2D eigenvalue weighted by Gasteiger charge is -2.06. The summed E-state index contributed by atoms with van der Waals surface area (Å²) in [6.45, 7) is 0.495. The SMILES string of the molecule is NOc1cccc(Cn2ncc3c(-c4ccco4)nc(N)nc32)c1. The van der Waals surface area contributed by atoms with Crippen molar-refractivity contribution in [1.82, 2.24) is 19.7 Å². The number of anilines is 1. The molecule has 0 radical (unpaired) electrons. The summed E-state index contributed by atoms with van der Waals surface area (Å²) in [6.07, 6.45) is 3.29. The highest BCUT2D eigenvalue weighted by Crippen LogP contribution is 2.27. The molecule has 0 atom stereocenters. The first-order chi connectivity index (χ1) is 11.7. The molecule has 0 aliphatic carbocycles. The molecule has 0 unspecified atom stereocenters. The van der Waals surface area contributed by atoms with Gasteiger partial charge in [-0.15, -0.1) is 0 Å². The third kappa shape index (κ3) is 2.44. The van der Waals surface area contributed by atoms with Crippen molar-refractivity contribution in [3.8, 4) is 17.2 Å². The summed E-state index contributed by atoms with van der Waals surface area (Å²) in [5, 5.41) is 5.17. The molecule has 8 heteroatoms. The maximum Gasteiger partial charge on any atom is 0.222 e. The molecule has 0 saturated carbocycles. The lowest BCUT2D eigenvalue weighted by Crippen LogP contribution is -2.06. The Morgan fingerprint density at radius 1 is 1.17 bits per heavy atom. The predicted molar refractivity (Wildman–Crippen MR) is 87.8 cm³/mol. The van der Waals surface area contributed by atoms with Gasteiger partial charge < -0.3 is 15.0 Å². The Morgan fingerprint density at radius 2 is 2.08 bits per heavy atom. The average molecular weight is 322 g/mol. The maximum atomic E-state index is 5.86. The molecule has 0 aliphatic rings. The van der Waals surface area contributed by atoms with Crippen LogP contribution in [-0.4, -0.2) is 19.7 Å². The van der Waals surface area contributed by atoms with Gasteiger partial charge in [0.15, 0.2) is 11.4 Å². The zero-order valence-electron chi connectivity index (χ0n) is 12.6. The highest BCUT2D eigenvalue weighted by molar-refractivity contribution is 5.89. The van der Waals surface area contributed by atoms with Crippen LogP contribution in [0.3, 0.4) is 0 Å². The van der Waals surface area contributed by atoms with Crippen LogP contribution in [0.5, 0.6) is 5.75 Å². The molecule has 120 valence electrons. The summed E-state index contributed by atoms with van der Waals surface area (Å²) in [5.74, 6) is 6.56. The summed E-state index contributed by atoms with van der Waals surface area (Å²) in [5.41, 5.74) is 8.08. The van der Waals surface area contributed by atoms with E-state index in [1.807, 2.05) is 24.3 Å². The Bertz CT molecular complexity index is 993. The number of fused-ring (bicyclic) bond motifs is 1. The van der Waals surface area contributed by atoms with Gasteiger partial charge in [-0.05, 0) is 29.8 Å². The van der Waals surface area contributed by atoms with Gasteiger partial charge in [-0.1, -0.05) is 12.1 Å². The van der Waals surface area contributed by atoms with E-state index < -0.39 is 0 Å². The quantitative estimate of drug-likeness (QED) is 0.551. The molecule has 0 bridgehead atoms. The van der Waals surface area contributed by atoms with Gasteiger partial charge in [-0.2, -0.15) is 16.0 Å². The predicted octanol–water partition coefficient (Wildman–Crippen LogP) is 1.97. The number of furan rings is 1. The molecular weight excluding hydrogens is 308 g/mol. The van der Waals surface area contributed by atoms with Crippen molar-refractivity contribution in [1.29, 1.82) is 0 Å². The summed E-state index contributed by atoms with van der Waals surface area (Å²) in [7, 11) is 0. The Labute approximate surface area is 136 Å². The van der Waals surface area contributed by atoms with Crippen LogP contribution >= 0.6 is 0 Å². The molecule has 24 heavy (non-hydrogen) atoms. The first kappa shape index (κ1) is 14.2. The molecule has 0 aliphatic heterocycles. The Kier molecular flexibility index (Phi) is 3.36. The van der Waals surface area contributed by atoms with Crippen LogP contribution in [0, 0.1) is 0 Å². The molecule has 0 amide bonds. The first-order valence-corrected chi connectivity index (χ1v) is 7.23. The van der Waals surface area contributed by atoms with Gasteiger partial charge in [0.25, 0.3) is 0 Å². The van der Waals surface area contributed by atoms with Gasteiger partial charge in [-0.3, -0.25) is 0 Å². The van der Waals surface area contributed by atoms with Crippen molar-refractivity contribution in [2.24, 2.45) is 5.90 Å². The van der Waals surface area contributed by atoms with E-state index in [2.05, 4.69) is 15.1 Å². The van der Waals surface area contributed by atoms with E-state index in [1.54, 1.807) is 29.3 Å². The molecular formula is C16H14N6O2. The normalized spacial score (nSPS) is 11.0. The summed E-state index contributed by atoms with van der Waals surface area (Å²) < 4.78 is 7.17. The minimum atomic E-state index is 0.162. The lowest BCUT2D eigenvalue weighted by molar-refractivity contribution is 0.334. The van der Waals surface area contributed by atoms with Gasteiger partial charge in [0.05, 0.1) is 24.4 Å². The van der Waals surface area contributed by atoms with Crippen molar-refractivity contribution in [3.05, 3.63) is 54.4 Å². The fourth-order valence-corrected chi connectivity index (χ4v) is 2.58. The van der Waals surface area contributed by atoms with Crippen LogP contribution in [0.4, 0.5) is 5.95 Å². The number of rotatable bonds is 4. The summed E-state index contributed by atoms with van der Waals surface area (Å²) in [4.78, 5) is 13.4. The number of benzene rings is 1. The molecule has 3 heterocycles. The van der Waals surface area contributed by atoms with E-state index in [0.717, 1.165) is 10.9 Å². The number of hydrogen-bond donors (Lipinski definition) is 2. The second-order valence-corrected chi connectivity index (χ2v) is 5.21. The Hall–Kier alpha value is -3.39. The molecule has 8 nitrogen and oxygen atoms in total. The minimum absolute atomic E-state index is 0.162. The van der Waals surface area contributed by atoms with E-state index >= 15 is 0 Å². The number of nitrogens with zero attached hydrogens (tertiary/aromatic N) is 4. The first-order valence-electron chi connectivity index (χ1n) is 7.23. The van der Waals surface area contributed by atoms with Crippen molar-refractivity contribution >= 4 is 17.0 Å². The van der Waals surface area contributed by atoms with Crippen molar-refractivity contribution in [2.45, 2.75) is 6.54 Å². The van der Waals surface area contributed by atoms with Gasteiger partial charge in [-0.25, -0.2) is 9.67 Å². The van der Waals surface area contributed by atoms with Crippen LogP contribution in [-0.2, 0) is 6.54 Å². The molecule has 0 fully saturated rings. The van der Waals surface area contributed by atoms with Crippen LogP contribution in [0.25, 0.3) is 22.5 Å². The highest BCUT2D eigenvalue weighted by Gasteiger charge is 2.15. The van der Waals surface area contributed by atoms with Crippen LogP contribution < -0.4 is 16.5 Å². The van der Waals surface area contributed by atoms with Crippen LogP contribution in [0.1, 0.15) is 5.56 Å². The fraction of sp³-hybridized carbons (Fsp3) is 0.0625. The zero-order valence-corrected chi connectivity index (χ0v) is 12.6. The summed E-state index contributed by atoms with van der Waals surface area (Å²) in [6, 6.07) is 11.0. The topological polar surface area (TPSA) is 118 Å². The van der Waals surface area contributed by atoms with Gasteiger partial charge in [0.2, 0.25) is 5.95 Å². The van der Waals surface area contributed by atoms with Crippen molar-refractivity contribution < 1.29 is 9.25 Å². The van der Waals surface area contributed by atoms with Gasteiger partial charge in [0, 0.05) is 0 Å². The monoisotopic (exact) mass is 322 g/mol. The molecule has 4 N–H and O–H groups in total. The Balaban J connectivity index is 1.80. The Morgan fingerprint density at radius 3 is 2.88 bits per heavy atom. The van der Waals surface area contributed by atoms with E-state index in [4.69, 9.17) is 20.9 Å². The van der Waals surface area contributed by atoms with E-state index in [-0.39, 0.29) is 5.95 Å². The zero-order chi connectivity index (χ0) is 16.5. The van der Waals surface area contributed by atoms with Gasteiger partial charge >= 0.3 is 0 Å².